The molecule has 0 amide bonds. The fourth-order valence-corrected chi connectivity index (χ4v) is 2.17. The number of nitrogens with zero attached hydrogens (tertiary/aromatic N) is 2. The summed E-state index contributed by atoms with van der Waals surface area (Å²) in [5.74, 6) is 0.165. The second-order valence-electron chi connectivity index (χ2n) is 5.38. The Balaban J connectivity index is 2.47. The maximum absolute atomic E-state index is 11.5. The van der Waals surface area contributed by atoms with Gasteiger partial charge in [0.15, 0.2) is 0 Å². The zero-order valence-electron chi connectivity index (χ0n) is 13.6. The Hall–Kier alpha value is -1.62. The van der Waals surface area contributed by atoms with Gasteiger partial charge < -0.3 is 9.47 Å². The Labute approximate surface area is 127 Å². The van der Waals surface area contributed by atoms with Crippen molar-refractivity contribution in [2.24, 2.45) is 0 Å². The second kappa shape index (κ2) is 8.62. The predicted octanol–water partition coefficient (Wildman–Crippen LogP) is 2.76. The molecule has 0 aromatic carbocycles. The summed E-state index contributed by atoms with van der Waals surface area (Å²) in [5, 5.41) is 0. The Morgan fingerprint density at radius 2 is 1.90 bits per heavy atom. The molecule has 5 heteroatoms. The fourth-order valence-electron chi connectivity index (χ4n) is 2.17. The second-order valence-corrected chi connectivity index (χ2v) is 5.38. The fraction of sp³-hybridized carbons (Fsp3) is 0.625. The van der Waals surface area contributed by atoms with Gasteiger partial charge in [-0.1, -0.05) is 0 Å². The van der Waals surface area contributed by atoms with Crippen molar-refractivity contribution in [1.29, 1.82) is 0 Å². The van der Waals surface area contributed by atoms with Gasteiger partial charge in [-0.25, -0.2) is 9.78 Å². The summed E-state index contributed by atoms with van der Waals surface area (Å²) in [6.07, 6.45) is 1.48. The van der Waals surface area contributed by atoms with Crippen molar-refractivity contribution in [3.05, 3.63) is 23.9 Å². The first kappa shape index (κ1) is 17.4. The molecule has 5 nitrogen and oxygen atoms in total. The van der Waals surface area contributed by atoms with Gasteiger partial charge in [0.1, 0.15) is 6.61 Å². The van der Waals surface area contributed by atoms with Gasteiger partial charge in [0.05, 0.1) is 12.2 Å². The lowest BCUT2D eigenvalue weighted by Gasteiger charge is -2.30. The minimum absolute atomic E-state index is 0.358. The molecule has 1 aromatic rings. The highest BCUT2D eigenvalue weighted by molar-refractivity contribution is 5.89. The van der Waals surface area contributed by atoms with Crippen LogP contribution in [0.15, 0.2) is 18.3 Å². The number of carbonyl (C=O) groups is 1. The third-order valence-corrected chi connectivity index (χ3v) is 3.17. The molecule has 0 fully saturated rings. The molecule has 0 unspecified atom stereocenters. The monoisotopic (exact) mass is 294 g/mol. The number of hydrogen-bond acceptors (Lipinski definition) is 5. The highest BCUT2D eigenvalue weighted by atomic mass is 16.5. The minimum atomic E-state index is -0.359. The van der Waals surface area contributed by atoms with Gasteiger partial charge in [0.25, 0.3) is 0 Å². The summed E-state index contributed by atoms with van der Waals surface area (Å²) < 4.78 is 10.5. The van der Waals surface area contributed by atoms with Crippen molar-refractivity contribution >= 4 is 5.97 Å². The molecular formula is C16H26N2O3. The van der Waals surface area contributed by atoms with E-state index in [0.29, 0.717) is 36.7 Å². The Kier molecular flexibility index (Phi) is 7.15. The number of carbonyl (C=O) groups excluding carboxylic acids is 1. The smallest absolute Gasteiger partial charge is 0.339 e. The molecule has 0 aliphatic carbocycles. The van der Waals surface area contributed by atoms with Crippen LogP contribution in [0.2, 0.25) is 0 Å². The first-order valence-corrected chi connectivity index (χ1v) is 7.47. The third kappa shape index (κ3) is 5.71. The lowest BCUT2D eigenvalue weighted by Crippen LogP contribution is -2.39. The topological polar surface area (TPSA) is 51.7 Å². The van der Waals surface area contributed by atoms with Crippen LogP contribution in [0.4, 0.5) is 0 Å². The zero-order chi connectivity index (χ0) is 15.8. The average molecular weight is 294 g/mol. The molecule has 0 aliphatic heterocycles. The van der Waals surface area contributed by atoms with Crippen LogP contribution < -0.4 is 4.74 Å². The van der Waals surface area contributed by atoms with Crippen LogP contribution in [0, 0.1) is 0 Å². The van der Waals surface area contributed by atoms with Crippen molar-refractivity contribution in [1.82, 2.24) is 9.88 Å². The highest BCUT2D eigenvalue weighted by Gasteiger charge is 2.13. The maximum Gasteiger partial charge on any atom is 0.339 e. The number of aromatic nitrogens is 1. The van der Waals surface area contributed by atoms with Crippen LogP contribution in [0.25, 0.3) is 0 Å². The van der Waals surface area contributed by atoms with Crippen LogP contribution in [0.1, 0.15) is 45.0 Å². The van der Waals surface area contributed by atoms with E-state index in [1.54, 1.807) is 19.1 Å². The van der Waals surface area contributed by atoms with E-state index in [2.05, 4.69) is 37.6 Å². The molecule has 0 saturated carbocycles. The van der Waals surface area contributed by atoms with Crippen LogP contribution in [-0.4, -0.2) is 47.7 Å². The standard InChI is InChI=1S/C16H26N2O3/c1-6-20-16(19)14-7-8-15(17-11-14)21-10-9-18(12(2)3)13(4)5/h7-8,11-13H,6,9-10H2,1-5H3. The molecular weight excluding hydrogens is 268 g/mol. The van der Waals surface area contributed by atoms with Crippen LogP contribution in [0.3, 0.4) is 0 Å². The Bertz CT molecular complexity index is 422. The summed E-state index contributed by atoms with van der Waals surface area (Å²) in [6, 6.07) is 4.32. The van der Waals surface area contributed by atoms with Gasteiger partial charge in [-0.15, -0.1) is 0 Å². The van der Waals surface area contributed by atoms with Crippen LogP contribution in [0.5, 0.6) is 5.88 Å². The molecule has 118 valence electrons. The van der Waals surface area contributed by atoms with Gasteiger partial charge in [0.2, 0.25) is 5.88 Å². The van der Waals surface area contributed by atoms with Gasteiger partial charge in [-0.2, -0.15) is 0 Å². The van der Waals surface area contributed by atoms with E-state index in [4.69, 9.17) is 9.47 Å². The van der Waals surface area contributed by atoms with Gasteiger partial charge in [-0.05, 0) is 40.7 Å². The summed E-state index contributed by atoms with van der Waals surface area (Å²) >= 11 is 0. The van der Waals surface area contributed by atoms with E-state index in [-0.39, 0.29) is 5.97 Å². The van der Waals surface area contributed by atoms with Crippen molar-refractivity contribution in [2.45, 2.75) is 46.7 Å². The zero-order valence-corrected chi connectivity index (χ0v) is 13.6. The highest BCUT2D eigenvalue weighted by Crippen LogP contribution is 2.10. The van der Waals surface area contributed by atoms with Crippen LogP contribution >= 0.6 is 0 Å². The van der Waals surface area contributed by atoms with Crippen LogP contribution in [-0.2, 0) is 4.74 Å². The van der Waals surface area contributed by atoms with E-state index in [1.165, 1.54) is 6.20 Å². The molecule has 0 bridgehead atoms. The molecule has 1 heterocycles. The molecule has 1 rings (SSSR count). The van der Waals surface area contributed by atoms with E-state index in [0.717, 1.165) is 6.54 Å². The molecule has 0 saturated heterocycles. The first-order valence-electron chi connectivity index (χ1n) is 7.47. The lowest BCUT2D eigenvalue weighted by molar-refractivity contribution is 0.0525. The SMILES string of the molecule is CCOC(=O)c1ccc(OCCN(C(C)C)C(C)C)nc1. The number of pyridine rings is 1. The quantitative estimate of drug-likeness (QED) is 0.690. The average Bonchev–Trinajstić information content (AvgIpc) is 2.43. The summed E-state index contributed by atoms with van der Waals surface area (Å²) in [7, 11) is 0. The maximum atomic E-state index is 11.5. The summed E-state index contributed by atoms with van der Waals surface area (Å²) in [5.41, 5.74) is 0.440. The van der Waals surface area contributed by atoms with Gasteiger partial charge in [0, 0.05) is 30.9 Å². The Morgan fingerprint density at radius 3 is 2.38 bits per heavy atom. The van der Waals surface area contributed by atoms with Crippen molar-refractivity contribution in [2.75, 3.05) is 19.8 Å². The molecule has 0 N–H and O–H groups in total. The minimum Gasteiger partial charge on any atom is -0.476 e. The van der Waals surface area contributed by atoms with E-state index in [9.17, 15) is 4.79 Å². The summed E-state index contributed by atoms with van der Waals surface area (Å²) in [6.45, 7) is 12.2. The number of rotatable bonds is 8. The van der Waals surface area contributed by atoms with Gasteiger partial charge >= 0.3 is 5.97 Å². The molecule has 21 heavy (non-hydrogen) atoms. The number of hydrogen-bond donors (Lipinski definition) is 0. The van der Waals surface area contributed by atoms with E-state index >= 15 is 0 Å². The van der Waals surface area contributed by atoms with E-state index in [1.807, 2.05) is 0 Å². The first-order chi connectivity index (χ1) is 9.95. The van der Waals surface area contributed by atoms with E-state index < -0.39 is 0 Å². The normalized spacial score (nSPS) is 11.2. The number of ether oxygens (including phenoxy) is 2. The van der Waals surface area contributed by atoms with Crippen molar-refractivity contribution in [3.63, 3.8) is 0 Å². The number of esters is 1. The molecule has 0 radical (unpaired) electrons. The van der Waals surface area contributed by atoms with Gasteiger partial charge in [-0.3, -0.25) is 4.90 Å². The van der Waals surface area contributed by atoms with Crippen molar-refractivity contribution < 1.29 is 14.3 Å². The predicted molar refractivity (Wildman–Crippen MR) is 82.7 cm³/mol. The van der Waals surface area contributed by atoms with Crippen molar-refractivity contribution in [3.8, 4) is 5.88 Å². The molecule has 0 atom stereocenters. The Morgan fingerprint density at radius 1 is 1.24 bits per heavy atom. The molecule has 0 aliphatic rings. The third-order valence-electron chi connectivity index (χ3n) is 3.17. The largest absolute Gasteiger partial charge is 0.476 e. The lowest BCUT2D eigenvalue weighted by atomic mass is 10.2. The summed E-state index contributed by atoms with van der Waals surface area (Å²) in [4.78, 5) is 18.0. The molecule has 1 aromatic heterocycles. The molecule has 0 spiro atoms.